The number of halogens is 1. The molecule has 0 bridgehead atoms. The molecule has 0 fully saturated rings. The molecule has 0 saturated heterocycles. The van der Waals surface area contributed by atoms with Gasteiger partial charge in [-0.2, -0.15) is 0 Å². The third-order valence-corrected chi connectivity index (χ3v) is 2.89. The number of fused-ring (bicyclic) bond motifs is 1. The highest BCUT2D eigenvalue weighted by atomic mass is 19.1. The standard InChI is InChI=1S/C15H9FO3/c16-12-4-1-9(2-5-12)10-3-6-14-11(7-10)8-13(17)15(18)19-14/h1-8,17H. The maximum atomic E-state index is 12.9. The Bertz CT molecular complexity index is 804. The average molecular weight is 256 g/mol. The first-order valence-corrected chi connectivity index (χ1v) is 5.66. The van der Waals surface area contributed by atoms with Gasteiger partial charge in [-0.05, 0) is 41.5 Å². The minimum atomic E-state index is -0.762. The molecule has 2 aromatic carbocycles. The maximum Gasteiger partial charge on any atom is 0.378 e. The van der Waals surface area contributed by atoms with Crippen molar-refractivity contribution in [1.29, 1.82) is 0 Å². The first-order chi connectivity index (χ1) is 9.13. The van der Waals surface area contributed by atoms with Gasteiger partial charge in [-0.15, -0.1) is 0 Å². The van der Waals surface area contributed by atoms with Crippen molar-refractivity contribution in [3.63, 3.8) is 0 Å². The Balaban J connectivity index is 2.18. The molecule has 0 amide bonds. The first kappa shape index (κ1) is 11.5. The van der Waals surface area contributed by atoms with Gasteiger partial charge in [0.25, 0.3) is 0 Å². The Labute approximate surface area is 107 Å². The fourth-order valence-corrected chi connectivity index (χ4v) is 1.93. The summed E-state index contributed by atoms with van der Waals surface area (Å²) >= 11 is 0. The normalized spacial score (nSPS) is 10.8. The fraction of sp³-hybridized carbons (Fsp3) is 0. The van der Waals surface area contributed by atoms with Crippen molar-refractivity contribution in [2.45, 2.75) is 0 Å². The summed E-state index contributed by atoms with van der Waals surface area (Å²) in [6.45, 7) is 0. The van der Waals surface area contributed by atoms with E-state index in [1.807, 2.05) is 0 Å². The molecule has 0 atom stereocenters. The molecule has 0 unspecified atom stereocenters. The predicted octanol–water partition coefficient (Wildman–Crippen LogP) is 3.30. The van der Waals surface area contributed by atoms with Gasteiger partial charge >= 0.3 is 5.63 Å². The van der Waals surface area contributed by atoms with Crippen molar-refractivity contribution >= 4 is 11.0 Å². The van der Waals surface area contributed by atoms with Crippen LogP contribution in [-0.4, -0.2) is 5.11 Å². The van der Waals surface area contributed by atoms with Gasteiger partial charge in [-0.1, -0.05) is 18.2 Å². The molecule has 0 saturated carbocycles. The van der Waals surface area contributed by atoms with E-state index < -0.39 is 11.4 Å². The molecular weight excluding hydrogens is 247 g/mol. The topological polar surface area (TPSA) is 50.4 Å². The lowest BCUT2D eigenvalue weighted by Crippen LogP contribution is -1.96. The quantitative estimate of drug-likeness (QED) is 0.679. The second-order valence-electron chi connectivity index (χ2n) is 4.18. The first-order valence-electron chi connectivity index (χ1n) is 5.66. The summed E-state index contributed by atoms with van der Waals surface area (Å²) < 4.78 is 17.8. The SMILES string of the molecule is O=c1oc2ccc(-c3ccc(F)cc3)cc2cc1O. The third-order valence-electron chi connectivity index (χ3n) is 2.89. The number of rotatable bonds is 1. The van der Waals surface area contributed by atoms with E-state index in [4.69, 9.17) is 4.42 Å². The van der Waals surface area contributed by atoms with Crippen LogP contribution in [0.3, 0.4) is 0 Å². The summed E-state index contributed by atoms with van der Waals surface area (Å²) in [6.07, 6.45) is 0. The van der Waals surface area contributed by atoms with E-state index in [1.54, 1.807) is 30.3 Å². The highest BCUT2D eigenvalue weighted by Crippen LogP contribution is 2.25. The van der Waals surface area contributed by atoms with Gasteiger partial charge in [0.05, 0.1) is 0 Å². The van der Waals surface area contributed by atoms with E-state index in [0.29, 0.717) is 11.0 Å². The Morgan fingerprint density at radius 2 is 1.63 bits per heavy atom. The predicted molar refractivity (Wildman–Crippen MR) is 69.5 cm³/mol. The van der Waals surface area contributed by atoms with Crippen molar-refractivity contribution in [3.8, 4) is 16.9 Å². The molecule has 0 radical (unpaired) electrons. The van der Waals surface area contributed by atoms with Crippen LogP contribution in [0.1, 0.15) is 0 Å². The number of aromatic hydroxyl groups is 1. The van der Waals surface area contributed by atoms with Gasteiger partial charge < -0.3 is 9.52 Å². The summed E-state index contributed by atoms with van der Waals surface area (Å²) in [7, 11) is 0. The molecule has 94 valence electrons. The van der Waals surface area contributed by atoms with E-state index in [2.05, 4.69) is 0 Å². The van der Waals surface area contributed by atoms with Gasteiger partial charge in [0, 0.05) is 5.39 Å². The van der Waals surface area contributed by atoms with E-state index in [-0.39, 0.29) is 5.82 Å². The van der Waals surface area contributed by atoms with Crippen LogP contribution in [0.5, 0.6) is 5.75 Å². The van der Waals surface area contributed by atoms with E-state index >= 15 is 0 Å². The van der Waals surface area contributed by atoms with Crippen LogP contribution in [-0.2, 0) is 0 Å². The van der Waals surface area contributed by atoms with E-state index in [1.165, 1.54) is 18.2 Å². The molecule has 0 aliphatic carbocycles. The van der Waals surface area contributed by atoms with Gasteiger partial charge in [-0.25, -0.2) is 9.18 Å². The lowest BCUT2D eigenvalue weighted by Gasteiger charge is -2.03. The van der Waals surface area contributed by atoms with Crippen LogP contribution in [0, 0.1) is 5.82 Å². The Morgan fingerprint density at radius 3 is 2.37 bits per heavy atom. The highest BCUT2D eigenvalue weighted by Gasteiger charge is 2.05. The average Bonchev–Trinajstić information content (AvgIpc) is 2.40. The summed E-state index contributed by atoms with van der Waals surface area (Å²) in [4.78, 5) is 11.2. The van der Waals surface area contributed by atoms with Crippen molar-refractivity contribution < 1.29 is 13.9 Å². The highest BCUT2D eigenvalue weighted by molar-refractivity contribution is 5.83. The lowest BCUT2D eigenvalue weighted by atomic mass is 10.0. The minimum Gasteiger partial charge on any atom is -0.502 e. The minimum absolute atomic E-state index is 0.298. The smallest absolute Gasteiger partial charge is 0.378 e. The fourth-order valence-electron chi connectivity index (χ4n) is 1.93. The number of hydrogen-bond donors (Lipinski definition) is 1. The second-order valence-corrected chi connectivity index (χ2v) is 4.18. The summed E-state index contributed by atoms with van der Waals surface area (Å²) in [6, 6.07) is 12.6. The van der Waals surface area contributed by atoms with Crippen molar-refractivity contribution in [2.75, 3.05) is 0 Å². The molecule has 4 heteroatoms. The molecule has 0 spiro atoms. The molecule has 1 heterocycles. The molecule has 1 aromatic heterocycles. The van der Waals surface area contributed by atoms with Gasteiger partial charge in [0.2, 0.25) is 5.75 Å². The lowest BCUT2D eigenvalue weighted by molar-refractivity contribution is 0.428. The van der Waals surface area contributed by atoms with Gasteiger partial charge in [0.15, 0.2) is 0 Å². The molecule has 19 heavy (non-hydrogen) atoms. The third kappa shape index (κ3) is 2.08. The largest absolute Gasteiger partial charge is 0.502 e. The van der Waals surface area contributed by atoms with Crippen molar-refractivity contribution in [1.82, 2.24) is 0 Å². The summed E-state index contributed by atoms with van der Waals surface area (Å²) in [5.41, 5.74) is 1.32. The zero-order chi connectivity index (χ0) is 13.4. The van der Waals surface area contributed by atoms with Gasteiger partial charge in [-0.3, -0.25) is 0 Å². The molecule has 0 aliphatic rings. The van der Waals surface area contributed by atoms with Crippen LogP contribution >= 0.6 is 0 Å². The number of hydrogen-bond acceptors (Lipinski definition) is 3. The molecule has 1 N–H and O–H groups in total. The molecular formula is C15H9FO3. The molecule has 3 aromatic rings. The maximum absolute atomic E-state index is 12.9. The molecule has 3 rings (SSSR count). The molecule has 0 aliphatic heterocycles. The summed E-state index contributed by atoms with van der Waals surface area (Å²) in [5, 5.41) is 9.97. The summed E-state index contributed by atoms with van der Waals surface area (Å²) in [5.74, 6) is -0.725. The van der Waals surface area contributed by atoms with E-state index in [9.17, 15) is 14.3 Å². The Kier molecular flexibility index (Phi) is 2.56. The van der Waals surface area contributed by atoms with Gasteiger partial charge in [0.1, 0.15) is 11.4 Å². The van der Waals surface area contributed by atoms with Crippen LogP contribution in [0.15, 0.2) is 57.7 Å². The van der Waals surface area contributed by atoms with E-state index in [0.717, 1.165) is 11.1 Å². The second kappa shape index (κ2) is 4.24. The van der Waals surface area contributed by atoms with Crippen molar-refractivity contribution in [2.24, 2.45) is 0 Å². The Morgan fingerprint density at radius 1 is 0.947 bits per heavy atom. The van der Waals surface area contributed by atoms with Crippen LogP contribution in [0.4, 0.5) is 4.39 Å². The van der Waals surface area contributed by atoms with Crippen LogP contribution < -0.4 is 5.63 Å². The van der Waals surface area contributed by atoms with Crippen LogP contribution in [0.25, 0.3) is 22.1 Å². The molecule has 3 nitrogen and oxygen atoms in total. The zero-order valence-corrected chi connectivity index (χ0v) is 9.76. The number of benzene rings is 2. The van der Waals surface area contributed by atoms with Crippen molar-refractivity contribution in [3.05, 3.63) is 64.8 Å². The Hall–Kier alpha value is -2.62. The monoisotopic (exact) mass is 256 g/mol. The zero-order valence-electron chi connectivity index (χ0n) is 9.76. The van der Waals surface area contributed by atoms with Crippen LogP contribution in [0.2, 0.25) is 0 Å².